The van der Waals surface area contributed by atoms with Gasteiger partial charge in [0.2, 0.25) is 5.79 Å². The first-order chi connectivity index (χ1) is 40.1. The first-order valence-corrected chi connectivity index (χ1v) is 28.9. The lowest BCUT2D eigenvalue weighted by Crippen LogP contribution is -2.64. The maximum Gasteiger partial charge on any atom is 0.229 e. The van der Waals surface area contributed by atoms with Crippen molar-refractivity contribution in [1.29, 1.82) is 0 Å². The van der Waals surface area contributed by atoms with E-state index in [-0.39, 0.29) is 45.6 Å². The number of fused-ring (bicyclic) bond motifs is 1. The van der Waals surface area contributed by atoms with Crippen molar-refractivity contribution in [3.8, 4) is 0 Å². The molecule has 0 aromatic heterocycles. The van der Waals surface area contributed by atoms with Crippen molar-refractivity contribution >= 4 is 0 Å². The lowest BCUT2D eigenvalue weighted by atomic mass is 9.89. The first kappa shape index (κ1) is 58.5. The third-order valence-electron chi connectivity index (χ3n) is 16.4. The number of benzene rings is 6. The molecule has 0 saturated carbocycles. The molecule has 5 fully saturated rings. The molecule has 82 heavy (non-hydrogen) atoms. The van der Waals surface area contributed by atoms with Crippen LogP contribution in [0, 0.1) is 17.8 Å². The minimum atomic E-state index is -1.44. The van der Waals surface area contributed by atoms with Crippen molar-refractivity contribution in [1.82, 2.24) is 0 Å². The average molecular weight is 1120 g/mol. The van der Waals surface area contributed by atoms with Crippen LogP contribution in [0.5, 0.6) is 0 Å². The van der Waals surface area contributed by atoms with E-state index in [2.05, 4.69) is 13.8 Å². The van der Waals surface area contributed by atoms with Crippen LogP contribution in [0.15, 0.2) is 182 Å². The number of hydrogen-bond acceptors (Lipinski definition) is 15. The highest BCUT2D eigenvalue weighted by Crippen LogP contribution is 2.52. The fraction of sp³-hybridized carbons (Fsp3) is 0.463. The van der Waals surface area contributed by atoms with Gasteiger partial charge in [-0.1, -0.05) is 203 Å². The van der Waals surface area contributed by atoms with Gasteiger partial charge in [0, 0.05) is 23.3 Å². The van der Waals surface area contributed by atoms with Crippen molar-refractivity contribution in [2.75, 3.05) is 33.0 Å². The standard InChI is InChI=1S/C67H78O15/c1-45-35-75-65(61(74-40-53-31-19-9-20-32-53)56(45)80-67-44-71-43-66(67,42-70-37-50-25-13-6-14-26-50)81-64(82-67)54-33-21-10-22-34-54)79-59-48(4)76-62(68)46(2)58(59)78-63-47(3)57(72-38-51-27-15-7-16-28-51)60(73-39-52-29-17-8-18-30-52)55(77-63)41-69-36-49-23-11-5-12-24-49/h5-34,45-48,55-65,68H,35-44H2,1-4H3/t45-,46+,47-,48?,55?,56?,57?,58?,59-,60-,61-,62?,63-,64-,65-,66?,67-/m1/s1. The number of hydrogen-bond donors (Lipinski definition) is 1. The molecule has 6 aromatic carbocycles. The van der Waals surface area contributed by atoms with Crippen LogP contribution in [-0.4, -0.2) is 117 Å². The van der Waals surface area contributed by atoms with E-state index in [0.717, 1.165) is 33.4 Å². The predicted octanol–water partition coefficient (Wildman–Crippen LogP) is 10.3. The van der Waals surface area contributed by atoms with Crippen molar-refractivity contribution < 1.29 is 71.4 Å². The van der Waals surface area contributed by atoms with Crippen LogP contribution in [0.3, 0.4) is 0 Å². The predicted molar refractivity (Wildman–Crippen MR) is 302 cm³/mol. The van der Waals surface area contributed by atoms with Gasteiger partial charge in [-0.05, 0) is 34.7 Å². The molecule has 5 heterocycles. The van der Waals surface area contributed by atoms with Gasteiger partial charge in [-0.25, -0.2) is 0 Å². The minimum absolute atomic E-state index is 0.0664. The number of rotatable bonds is 24. The Hall–Kier alpha value is -5.28. The summed E-state index contributed by atoms with van der Waals surface area (Å²) in [6.07, 6.45) is -9.51. The van der Waals surface area contributed by atoms with Crippen LogP contribution in [0.4, 0.5) is 0 Å². The first-order valence-electron chi connectivity index (χ1n) is 28.9. The van der Waals surface area contributed by atoms with E-state index in [9.17, 15) is 5.11 Å². The van der Waals surface area contributed by atoms with Gasteiger partial charge in [-0.3, -0.25) is 0 Å². The monoisotopic (exact) mass is 1120 g/mol. The van der Waals surface area contributed by atoms with Gasteiger partial charge in [-0.2, -0.15) is 0 Å². The molecule has 17 atom stereocenters. The summed E-state index contributed by atoms with van der Waals surface area (Å²) in [5.41, 5.74) is 4.68. The Kier molecular flexibility index (Phi) is 19.7. The molecule has 5 aliphatic heterocycles. The largest absolute Gasteiger partial charge is 0.374 e. The topological polar surface area (TPSA) is 149 Å². The van der Waals surface area contributed by atoms with Gasteiger partial charge in [0.15, 0.2) is 30.8 Å². The Morgan fingerprint density at radius 1 is 0.476 bits per heavy atom. The summed E-state index contributed by atoms with van der Waals surface area (Å²) in [6.45, 7) is 10.2. The van der Waals surface area contributed by atoms with Crippen LogP contribution in [-0.2, 0) is 99.4 Å². The molecule has 5 aliphatic rings. The zero-order chi connectivity index (χ0) is 56.3. The van der Waals surface area contributed by atoms with Crippen LogP contribution in [0.25, 0.3) is 0 Å². The number of ether oxygens (including phenoxy) is 14. The zero-order valence-corrected chi connectivity index (χ0v) is 47.2. The molecule has 0 spiro atoms. The Morgan fingerprint density at radius 2 is 0.976 bits per heavy atom. The molecule has 15 heteroatoms. The van der Waals surface area contributed by atoms with Gasteiger partial charge < -0.3 is 71.4 Å². The lowest BCUT2D eigenvalue weighted by Gasteiger charge is -2.50. The minimum Gasteiger partial charge on any atom is -0.374 e. The fourth-order valence-electron chi connectivity index (χ4n) is 11.7. The molecule has 1 N–H and O–H groups in total. The molecule has 0 bridgehead atoms. The quantitative estimate of drug-likeness (QED) is 0.0612. The summed E-state index contributed by atoms with van der Waals surface area (Å²) in [5.74, 6) is -2.69. The van der Waals surface area contributed by atoms with Crippen molar-refractivity contribution in [2.45, 2.75) is 146 Å². The SMILES string of the molecule is CC1OC(O)[C@@H](C)C(O[C@H]2OC(COCc3ccccc3)[C@@H](OCc3ccccc3)C(OCc3ccccc3)[C@H]2C)[C@@H]1O[C@H]1OC[C@@H](C)C(O[C@@]23COCC2(COCc2ccccc2)O[C@@H](c2ccccc2)O3)[C@H]1OCc1ccccc1. The third kappa shape index (κ3) is 13.8. The molecule has 11 rings (SSSR count). The number of aliphatic hydroxyl groups excluding tert-OH is 1. The van der Waals surface area contributed by atoms with Gasteiger partial charge in [0.05, 0.1) is 83.9 Å². The molecule has 5 saturated heterocycles. The molecule has 6 aromatic rings. The Morgan fingerprint density at radius 3 is 1.55 bits per heavy atom. The van der Waals surface area contributed by atoms with Crippen molar-refractivity contribution in [2.24, 2.45) is 17.8 Å². The average Bonchev–Trinajstić information content (AvgIpc) is 4.20. The molecule has 436 valence electrons. The smallest absolute Gasteiger partial charge is 0.229 e. The molecule has 7 unspecified atom stereocenters. The maximum absolute atomic E-state index is 11.6. The molecule has 15 nitrogen and oxygen atoms in total. The van der Waals surface area contributed by atoms with Gasteiger partial charge in [-0.15, -0.1) is 0 Å². The van der Waals surface area contributed by atoms with Gasteiger partial charge >= 0.3 is 0 Å². The summed E-state index contributed by atoms with van der Waals surface area (Å²) >= 11 is 0. The Bertz CT molecular complexity index is 2820. The molecular formula is C67H78O15. The van der Waals surface area contributed by atoms with E-state index >= 15 is 0 Å². The van der Waals surface area contributed by atoms with E-state index in [1.807, 2.05) is 196 Å². The fourth-order valence-corrected chi connectivity index (χ4v) is 11.7. The van der Waals surface area contributed by atoms with E-state index in [1.165, 1.54) is 0 Å². The van der Waals surface area contributed by atoms with Crippen LogP contribution >= 0.6 is 0 Å². The maximum atomic E-state index is 11.6. The highest BCUT2D eigenvalue weighted by Gasteiger charge is 2.69. The molecule has 0 amide bonds. The molecule has 0 radical (unpaired) electrons. The highest BCUT2D eigenvalue weighted by molar-refractivity contribution is 5.21. The second kappa shape index (κ2) is 27.6. The summed E-state index contributed by atoms with van der Waals surface area (Å²) in [4.78, 5) is 0. The lowest BCUT2D eigenvalue weighted by molar-refractivity contribution is -0.377. The van der Waals surface area contributed by atoms with Crippen molar-refractivity contribution in [3.05, 3.63) is 215 Å². The van der Waals surface area contributed by atoms with Crippen LogP contribution < -0.4 is 0 Å². The summed E-state index contributed by atoms with van der Waals surface area (Å²) in [5, 5.41) is 11.6. The number of aliphatic hydroxyl groups is 1. The Labute approximate surface area is 481 Å². The van der Waals surface area contributed by atoms with E-state index < -0.39 is 97.2 Å². The van der Waals surface area contributed by atoms with Crippen LogP contribution in [0.2, 0.25) is 0 Å². The van der Waals surface area contributed by atoms with E-state index in [4.69, 9.17) is 66.3 Å². The molecule has 0 aliphatic carbocycles. The highest BCUT2D eigenvalue weighted by atomic mass is 16.9. The third-order valence-corrected chi connectivity index (χ3v) is 16.4. The second-order valence-electron chi connectivity index (χ2n) is 22.4. The summed E-state index contributed by atoms with van der Waals surface area (Å²) in [7, 11) is 0. The van der Waals surface area contributed by atoms with E-state index in [0.29, 0.717) is 26.4 Å². The normalized spacial score (nSPS) is 33.7. The summed E-state index contributed by atoms with van der Waals surface area (Å²) in [6, 6.07) is 60.0. The van der Waals surface area contributed by atoms with Crippen molar-refractivity contribution in [3.63, 3.8) is 0 Å². The second-order valence-corrected chi connectivity index (χ2v) is 22.4. The van der Waals surface area contributed by atoms with Gasteiger partial charge in [0.25, 0.3) is 0 Å². The zero-order valence-electron chi connectivity index (χ0n) is 47.2. The Balaban J connectivity index is 0.887. The van der Waals surface area contributed by atoms with E-state index in [1.54, 1.807) is 0 Å². The summed E-state index contributed by atoms with van der Waals surface area (Å²) < 4.78 is 96.2. The molecular weight excluding hydrogens is 1040 g/mol. The van der Waals surface area contributed by atoms with Crippen LogP contribution in [0.1, 0.15) is 67.4 Å². The van der Waals surface area contributed by atoms with Gasteiger partial charge in [0.1, 0.15) is 31.0 Å².